The third kappa shape index (κ3) is 3.04. The van der Waals surface area contributed by atoms with E-state index in [-0.39, 0.29) is 5.82 Å². The smallest absolute Gasteiger partial charge is 0.137 e. The van der Waals surface area contributed by atoms with Gasteiger partial charge in [-0.15, -0.1) is 0 Å². The molecule has 0 saturated carbocycles. The Balaban J connectivity index is 2.36. The van der Waals surface area contributed by atoms with Crippen LogP contribution in [0.1, 0.15) is 24.5 Å². The van der Waals surface area contributed by atoms with E-state index >= 15 is 0 Å². The summed E-state index contributed by atoms with van der Waals surface area (Å²) >= 11 is 3.25. The van der Waals surface area contributed by atoms with E-state index in [0.29, 0.717) is 17.3 Å². The van der Waals surface area contributed by atoms with Crippen LogP contribution in [0.25, 0.3) is 0 Å². The predicted molar refractivity (Wildman–Crippen MR) is 78.4 cm³/mol. The molecule has 2 rings (SSSR count). The Kier molecular flexibility index (Phi) is 4.38. The van der Waals surface area contributed by atoms with Gasteiger partial charge in [0.2, 0.25) is 0 Å². The van der Waals surface area contributed by atoms with Crippen molar-refractivity contribution in [3.05, 3.63) is 69.9 Å². The van der Waals surface area contributed by atoms with E-state index in [1.807, 2.05) is 43.3 Å². The Labute approximate surface area is 121 Å². The summed E-state index contributed by atoms with van der Waals surface area (Å²) in [6, 6.07) is 14.4. The van der Waals surface area contributed by atoms with Crippen LogP contribution < -0.4 is 0 Å². The quantitative estimate of drug-likeness (QED) is 0.882. The summed E-state index contributed by atoms with van der Waals surface area (Å²) in [6.45, 7) is 1.93. The molecule has 3 heteroatoms. The molecular weight excluding hydrogens is 307 g/mol. The first-order chi connectivity index (χ1) is 9.07. The summed E-state index contributed by atoms with van der Waals surface area (Å²) in [5.74, 6) is -0.302. The molecule has 0 spiro atoms. The first-order valence-electron chi connectivity index (χ1n) is 6.27. The molecule has 0 saturated heterocycles. The van der Waals surface area contributed by atoms with E-state index in [4.69, 9.17) is 0 Å². The van der Waals surface area contributed by atoms with Crippen molar-refractivity contribution in [3.8, 4) is 0 Å². The first kappa shape index (κ1) is 14.2. The van der Waals surface area contributed by atoms with Crippen LogP contribution in [0.3, 0.4) is 0 Å². The zero-order valence-corrected chi connectivity index (χ0v) is 12.3. The second kappa shape index (κ2) is 5.85. The Bertz CT molecular complexity index is 556. The molecule has 0 aliphatic heterocycles. The van der Waals surface area contributed by atoms with Gasteiger partial charge in [0.25, 0.3) is 0 Å². The predicted octanol–water partition coefficient (Wildman–Crippen LogP) is 4.43. The molecule has 0 heterocycles. The van der Waals surface area contributed by atoms with Crippen LogP contribution in [-0.2, 0) is 12.0 Å². The van der Waals surface area contributed by atoms with Crippen LogP contribution in [0.2, 0.25) is 0 Å². The molecule has 1 atom stereocenters. The fraction of sp³-hybridized carbons (Fsp3) is 0.250. The topological polar surface area (TPSA) is 20.2 Å². The number of halogens is 2. The largest absolute Gasteiger partial charge is 0.385 e. The van der Waals surface area contributed by atoms with Gasteiger partial charge in [0, 0.05) is 6.42 Å². The van der Waals surface area contributed by atoms with Crippen molar-refractivity contribution in [1.29, 1.82) is 0 Å². The van der Waals surface area contributed by atoms with Crippen LogP contribution >= 0.6 is 15.9 Å². The SMILES string of the molecule is CCC(O)(Cc1cccc(F)c1Br)c1ccccc1. The Morgan fingerprint density at radius 3 is 2.42 bits per heavy atom. The summed E-state index contributed by atoms with van der Waals surface area (Å²) < 4.78 is 14.0. The van der Waals surface area contributed by atoms with Gasteiger partial charge in [-0.2, -0.15) is 0 Å². The number of aliphatic hydroxyl groups is 1. The lowest BCUT2D eigenvalue weighted by molar-refractivity contribution is 0.0325. The number of benzene rings is 2. The second-order valence-corrected chi connectivity index (χ2v) is 5.43. The van der Waals surface area contributed by atoms with Gasteiger partial charge in [0.05, 0.1) is 10.1 Å². The monoisotopic (exact) mass is 322 g/mol. The molecule has 100 valence electrons. The molecule has 0 aliphatic rings. The highest BCUT2D eigenvalue weighted by atomic mass is 79.9. The molecule has 19 heavy (non-hydrogen) atoms. The van der Waals surface area contributed by atoms with Gasteiger partial charge in [-0.1, -0.05) is 49.4 Å². The maximum Gasteiger partial charge on any atom is 0.137 e. The summed E-state index contributed by atoms with van der Waals surface area (Å²) in [7, 11) is 0. The van der Waals surface area contributed by atoms with E-state index in [9.17, 15) is 9.50 Å². The molecule has 0 bridgehead atoms. The summed E-state index contributed by atoms with van der Waals surface area (Å²) in [4.78, 5) is 0. The van der Waals surface area contributed by atoms with Gasteiger partial charge in [0.15, 0.2) is 0 Å². The minimum Gasteiger partial charge on any atom is -0.385 e. The normalized spacial score (nSPS) is 14.1. The number of hydrogen-bond acceptors (Lipinski definition) is 1. The van der Waals surface area contributed by atoms with E-state index in [1.165, 1.54) is 6.07 Å². The molecule has 2 aromatic rings. The molecule has 0 aliphatic carbocycles. The molecule has 1 N–H and O–H groups in total. The fourth-order valence-corrected chi connectivity index (χ4v) is 2.58. The van der Waals surface area contributed by atoms with Crippen molar-refractivity contribution in [2.24, 2.45) is 0 Å². The van der Waals surface area contributed by atoms with Crippen LogP contribution in [0.5, 0.6) is 0 Å². The lowest BCUT2D eigenvalue weighted by Crippen LogP contribution is -2.27. The third-order valence-corrected chi connectivity index (χ3v) is 4.30. The van der Waals surface area contributed by atoms with Gasteiger partial charge in [-0.25, -0.2) is 4.39 Å². The Morgan fingerprint density at radius 2 is 1.79 bits per heavy atom. The molecule has 0 radical (unpaired) electrons. The third-order valence-electron chi connectivity index (χ3n) is 3.41. The van der Waals surface area contributed by atoms with E-state index in [1.54, 1.807) is 6.07 Å². The van der Waals surface area contributed by atoms with Crippen molar-refractivity contribution in [2.75, 3.05) is 0 Å². The minimum atomic E-state index is -0.975. The molecule has 2 aromatic carbocycles. The Hall–Kier alpha value is -1.19. The number of hydrogen-bond donors (Lipinski definition) is 1. The summed E-state index contributed by atoms with van der Waals surface area (Å²) in [5, 5.41) is 10.8. The van der Waals surface area contributed by atoms with Gasteiger partial charge in [-0.05, 0) is 39.5 Å². The maximum atomic E-state index is 13.5. The Morgan fingerprint density at radius 1 is 1.11 bits per heavy atom. The van der Waals surface area contributed by atoms with Crippen LogP contribution in [0, 0.1) is 5.82 Å². The lowest BCUT2D eigenvalue weighted by Gasteiger charge is -2.28. The molecule has 1 nitrogen and oxygen atoms in total. The molecule has 0 fully saturated rings. The minimum absolute atomic E-state index is 0.302. The second-order valence-electron chi connectivity index (χ2n) is 4.64. The molecule has 0 aromatic heterocycles. The van der Waals surface area contributed by atoms with Crippen molar-refractivity contribution in [1.82, 2.24) is 0 Å². The first-order valence-corrected chi connectivity index (χ1v) is 7.07. The average molecular weight is 323 g/mol. The van der Waals surface area contributed by atoms with Crippen LogP contribution in [0.4, 0.5) is 4.39 Å². The highest BCUT2D eigenvalue weighted by molar-refractivity contribution is 9.10. The van der Waals surface area contributed by atoms with Crippen molar-refractivity contribution >= 4 is 15.9 Å². The van der Waals surface area contributed by atoms with E-state index < -0.39 is 5.60 Å². The molecule has 0 amide bonds. The van der Waals surface area contributed by atoms with Crippen molar-refractivity contribution < 1.29 is 9.50 Å². The highest BCUT2D eigenvalue weighted by Crippen LogP contribution is 2.32. The van der Waals surface area contributed by atoms with Crippen LogP contribution in [0.15, 0.2) is 53.0 Å². The standard InChI is InChI=1S/C16H16BrFO/c1-2-16(19,13-8-4-3-5-9-13)11-12-7-6-10-14(18)15(12)17/h3-10,19H,2,11H2,1H3. The fourth-order valence-electron chi connectivity index (χ4n) is 2.18. The zero-order valence-electron chi connectivity index (χ0n) is 10.7. The number of rotatable bonds is 4. The van der Waals surface area contributed by atoms with Crippen molar-refractivity contribution in [2.45, 2.75) is 25.4 Å². The highest BCUT2D eigenvalue weighted by Gasteiger charge is 2.28. The van der Waals surface area contributed by atoms with Gasteiger partial charge in [0.1, 0.15) is 5.82 Å². The zero-order chi connectivity index (χ0) is 13.9. The lowest BCUT2D eigenvalue weighted by atomic mass is 9.85. The van der Waals surface area contributed by atoms with E-state index in [2.05, 4.69) is 15.9 Å². The van der Waals surface area contributed by atoms with Gasteiger partial charge < -0.3 is 5.11 Å². The van der Waals surface area contributed by atoms with Crippen molar-refractivity contribution in [3.63, 3.8) is 0 Å². The molecule has 1 unspecified atom stereocenters. The summed E-state index contributed by atoms with van der Waals surface area (Å²) in [5.41, 5.74) is 0.652. The maximum absolute atomic E-state index is 13.5. The average Bonchev–Trinajstić information content (AvgIpc) is 2.45. The molecular formula is C16H16BrFO. The summed E-state index contributed by atoms with van der Waals surface area (Å²) in [6.07, 6.45) is 0.950. The van der Waals surface area contributed by atoms with E-state index in [0.717, 1.165) is 11.1 Å². The van der Waals surface area contributed by atoms with Crippen LogP contribution in [-0.4, -0.2) is 5.11 Å². The van der Waals surface area contributed by atoms with Gasteiger partial charge >= 0.3 is 0 Å². The van der Waals surface area contributed by atoms with Gasteiger partial charge in [-0.3, -0.25) is 0 Å².